The average molecular weight is 923 g/mol. The lowest BCUT2D eigenvalue weighted by molar-refractivity contribution is -0.145. The Morgan fingerprint density at radius 3 is 0.938 bits per heavy atom. The van der Waals surface area contributed by atoms with Crippen molar-refractivity contribution in [2.24, 2.45) is 0 Å². The highest BCUT2D eigenvalue weighted by molar-refractivity contribution is 5.70. The van der Waals surface area contributed by atoms with Crippen LogP contribution in [0.4, 0.5) is 0 Å². The van der Waals surface area contributed by atoms with Gasteiger partial charge in [-0.05, 0) is 33.1 Å². The van der Waals surface area contributed by atoms with Crippen molar-refractivity contribution in [2.75, 3.05) is 92.4 Å². The fourth-order valence-corrected chi connectivity index (χ4v) is 8.69. The predicted octanol–water partition coefficient (Wildman–Crippen LogP) is 10.8. The largest absolute Gasteiger partial charge is 0.469 e. The maximum atomic E-state index is 12.8. The summed E-state index contributed by atoms with van der Waals surface area (Å²) >= 11 is 0. The number of hydrogen-bond donors (Lipinski definition) is 0. The summed E-state index contributed by atoms with van der Waals surface area (Å²) in [5.41, 5.74) is 0. The Kier molecular flexibility index (Phi) is 40.2. The first-order valence-corrected chi connectivity index (χ1v) is 27.1. The number of carbonyl (C=O) groups is 4. The molecule has 0 saturated carbocycles. The molecule has 0 amide bonds. The number of nitrogens with zero attached hydrogens (tertiary/aromatic N) is 4. The lowest BCUT2D eigenvalue weighted by Gasteiger charge is -2.45. The van der Waals surface area contributed by atoms with Crippen LogP contribution in [-0.4, -0.2) is 148 Å². The molecule has 2 atom stereocenters. The third kappa shape index (κ3) is 35.5. The molecule has 1 aliphatic rings. The summed E-state index contributed by atoms with van der Waals surface area (Å²) in [5, 5.41) is 0. The number of ether oxygens (including phenoxy) is 4. The van der Waals surface area contributed by atoms with Gasteiger partial charge in [0.25, 0.3) is 0 Å². The van der Waals surface area contributed by atoms with Gasteiger partial charge in [0, 0.05) is 77.5 Å². The molecule has 0 aliphatic carbocycles. The van der Waals surface area contributed by atoms with E-state index in [4.69, 9.17) is 18.9 Å². The van der Waals surface area contributed by atoms with Crippen molar-refractivity contribution in [1.82, 2.24) is 19.6 Å². The average Bonchev–Trinajstić information content (AvgIpc) is 3.30. The van der Waals surface area contributed by atoms with Crippen molar-refractivity contribution in [3.63, 3.8) is 0 Å². The molecule has 0 radical (unpaired) electrons. The molecule has 0 aromatic rings. The molecule has 1 rings (SSSR count). The van der Waals surface area contributed by atoms with Crippen LogP contribution in [-0.2, 0) is 38.1 Å². The second kappa shape index (κ2) is 43.0. The fourth-order valence-electron chi connectivity index (χ4n) is 8.69. The van der Waals surface area contributed by atoms with Gasteiger partial charge in [0.2, 0.25) is 0 Å². The zero-order chi connectivity index (χ0) is 47.6. The van der Waals surface area contributed by atoms with E-state index in [9.17, 15) is 19.2 Å². The minimum absolute atomic E-state index is 0.165. The smallest absolute Gasteiger partial charge is 0.307 e. The molecule has 0 N–H and O–H groups in total. The van der Waals surface area contributed by atoms with Crippen molar-refractivity contribution in [3.05, 3.63) is 0 Å². The summed E-state index contributed by atoms with van der Waals surface area (Å²) in [6.45, 7) is 19.9. The normalized spacial score (nSPS) is 15.8. The van der Waals surface area contributed by atoms with Crippen LogP contribution in [0.15, 0.2) is 0 Å². The molecular formula is C53H102N4O8. The Morgan fingerprint density at radius 2 is 0.662 bits per heavy atom. The van der Waals surface area contributed by atoms with Crippen molar-refractivity contribution in [3.8, 4) is 0 Å². The quantitative estimate of drug-likeness (QED) is 0.0329. The number of esters is 4. The first kappa shape index (κ1) is 60.7. The Labute approximate surface area is 399 Å². The molecule has 0 spiro atoms. The van der Waals surface area contributed by atoms with Gasteiger partial charge in [-0.2, -0.15) is 0 Å². The van der Waals surface area contributed by atoms with E-state index >= 15 is 0 Å². The molecular weight excluding hydrogens is 821 g/mol. The number of carbonyl (C=O) groups excluding carboxylic acids is 4. The van der Waals surface area contributed by atoms with E-state index in [2.05, 4.69) is 54.2 Å². The highest BCUT2D eigenvalue weighted by Gasteiger charge is 2.29. The summed E-state index contributed by atoms with van der Waals surface area (Å²) in [6, 6.07) is 0.632. The minimum atomic E-state index is -0.247. The van der Waals surface area contributed by atoms with Gasteiger partial charge in [0.1, 0.15) is 0 Å². The molecule has 12 nitrogen and oxygen atoms in total. The number of hydrogen-bond acceptors (Lipinski definition) is 12. The second-order valence-electron chi connectivity index (χ2n) is 19.0. The number of rotatable bonds is 45. The summed E-state index contributed by atoms with van der Waals surface area (Å²) in [7, 11) is 1.41. The second-order valence-corrected chi connectivity index (χ2v) is 19.0. The maximum Gasteiger partial charge on any atom is 0.307 e. The molecule has 1 heterocycles. The van der Waals surface area contributed by atoms with Crippen molar-refractivity contribution in [1.29, 1.82) is 0 Å². The number of methoxy groups -OCH3 is 1. The topological polar surface area (TPSA) is 118 Å². The fraction of sp³-hybridized carbons (Fsp3) is 0.925. The van der Waals surface area contributed by atoms with Crippen LogP contribution in [0.5, 0.6) is 0 Å². The van der Waals surface area contributed by atoms with Gasteiger partial charge >= 0.3 is 23.9 Å². The molecule has 0 unspecified atom stereocenters. The highest BCUT2D eigenvalue weighted by atomic mass is 16.5. The lowest BCUT2D eigenvalue weighted by Crippen LogP contribution is -2.58. The van der Waals surface area contributed by atoms with Crippen LogP contribution in [0.25, 0.3) is 0 Å². The summed E-state index contributed by atoms with van der Waals surface area (Å²) in [4.78, 5) is 59.8. The Balaban J connectivity index is 2.63. The maximum absolute atomic E-state index is 12.8. The zero-order valence-corrected chi connectivity index (χ0v) is 43.2. The van der Waals surface area contributed by atoms with Gasteiger partial charge in [-0.1, -0.05) is 156 Å². The molecule has 65 heavy (non-hydrogen) atoms. The Hall–Kier alpha value is -2.28. The monoisotopic (exact) mass is 923 g/mol. The van der Waals surface area contributed by atoms with Crippen molar-refractivity contribution < 1.29 is 38.1 Å². The third-order valence-electron chi connectivity index (χ3n) is 13.2. The van der Waals surface area contributed by atoms with Gasteiger partial charge in [0.15, 0.2) is 0 Å². The minimum Gasteiger partial charge on any atom is -0.469 e. The molecule has 1 aliphatic heterocycles. The van der Waals surface area contributed by atoms with E-state index in [1.54, 1.807) is 0 Å². The Morgan fingerprint density at radius 1 is 0.400 bits per heavy atom. The third-order valence-corrected chi connectivity index (χ3v) is 13.2. The molecule has 0 aromatic heterocycles. The van der Waals surface area contributed by atoms with Crippen molar-refractivity contribution >= 4 is 23.9 Å². The van der Waals surface area contributed by atoms with Gasteiger partial charge in [-0.3, -0.25) is 29.0 Å². The van der Waals surface area contributed by atoms with E-state index in [1.165, 1.54) is 123 Å². The molecule has 0 aromatic carbocycles. The van der Waals surface area contributed by atoms with Gasteiger partial charge < -0.3 is 28.7 Å². The van der Waals surface area contributed by atoms with Crippen LogP contribution >= 0.6 is 0 Å². The SMILES string of the molecule is CCCCCCCCCCOC(=O)CCN(CCC(=O)OCCCCCCCCCC)CCN1C[C@H](C)N(CCN(CCC(=O)OC)CCC(=O)OCCCCCCCCCC)C[C@H]1C. The van der Waals surface area contributed by atoms with Gasteiger partial charge in [-0.15, -0.1) is 0 Å². The highest BCUT2D eigenvalue weighted by Crippen LogP contribution is 2.17. The zero-order valence-electron chi connectivity index (χ0n) is 43.2. The van der Waals surface area contributed by atoms with E-state index < -0.39 is 0 Å². The molecule has 12 heteroatoms. The number of unbranched alkanes of at least 4 members (excludes halogenated alkanes) is 21. The van der Waals surface area contributed by atoms with Crippen LogP contribution in [0.1, 0.15) is 214 Å². The van der Waals surface area contributed by atoms with Crippen LogP contribution < -0.4 is 0 Å². The first-order valence-electron chi connectivity index (χ1n) is 27.1. The summed E-state index contributed by atoms with van der Waals surface area (Å²) in [5.74, 6) is -0.750. The van der Waals surface area contributed by atoms with Crippen LogP contribution in [0, 0.1) is 0 Å². The predicted molar refractivity (Wildman–Crippen MR) is 266 cm³/mol. The first-order chi connectivity index (χ1) is 31.6. The molecule has 0 bridgehead atoms. The van der Waals surface area contributed by atoms with E-state index in [-0.39, 0.29) is 30.3 Å². The molecule has 1 saturated heterocycles. The van der Waals surface area contributed by atoms with Gasteiger partial charge in [-0.25, -0.2) is 0 Å². The summed E-state index contributed by atoms with van der Waals surface area (Å²) < 4.78 is 21.8. The van der Waals surface area contributed by atoms with E-state index in [0.717, 1.165) is 77.8 Å². The van der Waals surface area contributed by atoms with E-state index in [0.29, 0.717) is 77.3 Å². The summed E-state index contributed by atoms with van der Waals surface area (Å²) in [6.07, 6.45) is 30.1. The lowest BCUT2D eigenvalue weighted by atomic mass is 10.1. The molecule has 1 fully saturated rings. The van der Waals surface area contributed by atoms with Crippen molar-refractivity contribution in [2.45, 2.75) is 226 Å². The Bertz CT molecular complexity index is 1120. The van der Waals surface area contributed by atoms with Crippen LogP contribution in [0.2, 0.25) is 0 Å². The van der Waals surface area contributed by atoms with Crippen LogP contribution in [0.3, 0.4) is 0 Å². The molecule has 382 valence electrons. The standard InChI is InChI=1S/C53H102N4O8/c1-7-10-13-16-19-22-25-28-43-63-51(59)32-36-54(35-31-50(58)62-6)39-41-56-46-49(5)57(47-48(56)4)42-40-55(37-33-52(60)64-44-29-26-23-20-17-14-11-8-2)38-34-53(61)65-45-30-27-24-21-18-15-12-9-3/h48-49H,7-47H2,1-6H3/t48-,49+/m0/s1. The number of piperazine rings is 1. The van der Waals surface area contributed by atoms with E-state index in [1.807, 2.05) is 0 Å². The van der Waals surface area contributed by atoms with Gasteiger partial charge in [0.05, 0.1) is 52.6 Å².